The van der Waals surface area contributed by atoms with Gasteiger partial charge in [-0.15, -0.1) is 0 Å². The summed E-state index contributed by atoms with van der Waals surface area (Å²) in [5.74, 6) is -0.171. The lowest BCUT2D eigenvalue weighted by atomic mass is 9.93. The smallest absolute Gasteiger partial charge is 0.189 e. The molecule has 62 valence electrons. The van der Waals surface area contributed by atoms with E-state index >= 15 is 0 Å². The van der Waals surface area contributed by atoms with E-state index < -0.39 is 5.60 Å². The maximum Gasteiger partial charge on any atom is 0.189 e. The molecule has 0 heterocycles. The van der Waals surface area contributed by atoms with Crippen molar-refractivity contribution in [3.8, 4) is 0 Å². The van der Waals surface area contributed by atoms with Gasteiger partial charge >= 0.3 is 0 Å². The van der Waals surface area contributed by atoms with Crippen molar-refractivity contribution in [1.82, 2.24) is 0 Å². The van der Waals surface area contributed by atoms with Gasteiger partial charge in [-0.25, -0.2) is 0 Å². The second kappa shape index (κ2) is 2.78. The molecule has 1 N–H and O–H groups in total. The fourth-order valence-electron chi connectivity index (χ4n) is 1.58. The lowest BCUT2D eigenvalue weighted by Crippen LogP contribution is -2.35. The molecule has 1 saturated carbocycles. The van der Waals surface area contributed by atoms with Gasteiger partial charge in [0.05, 0.1) is 0 Å². The minimum absolute atomic E-state index is 0.171. The molecule has 0 aliphatic heterocycles. The zero-order valence-corrected chi connectivity index (χ0v) is 6.89. The Bertz CT molecular complexity index is 188. The number of hydrogen-bond donors (Lipinski definition) is 1. The normalized spacial score (nSPS) is 21.6. The zero-order chi connectivity index (χ0) is 8.48. The SMILES string of the molecule is C=C(C)C(=O)C1(O)CCCC1. The number of hydrogen-bond acceptors (Lipinski definition) is 2. The molecule has 1 rings (SSSR count). The quantitative estimate of drug-likeness (QED) is 0.611. The van der Waals surface area contributed by atoms with Crippen molar-refractivity contribution >= 4 is 5.78 Å². The van der Waals surface area contributed by atoms with E-state index in [4.69, 9.17) is 0 Å². The topological polar surface area (TPSA) is 37.3 Å². The van der Waals surface area contributed by atoms with Gasteiger partial charge in [0.1, 0.15) is 5.60 Å². The largest absolute Gasteiger partial charge is 0.382 e. The number of carbonyl (C=O) groups excluding carboxylic acids is 1. The van der Waals surface area contributed by atoms with Crippen LogP contribution in [0.25, 0.3) is 0 Å². The van der Waals surface area contributed by atoms with E-state index in [0.29, 0.717) is 18.4 Å². The summed E-state index contributed by atoms with van der Waals surface area (Å²) in [6.45, 7) is 5.19. The Morgan fingerprint density at radius 1 is 1.45 bits per heavy atom. The molecule has 1 fully saturated rings. The Balaban J connectivity index is 2.71. The van der Waals surface area contributed by atoms with Crippen molar-refractivity contribution in [2.24, 2.45) is 0 Å². The van der Waals surface area contributed by atoms with Crippen LogP contribution >= 0.6 is 0 Å². The second-order valence-corrected chi connectivity index (χ2v) is 3.35. The molecule has 0 aromatic heterocycles. The van der Waals surface area contributed by atoms with Crippen molar-refractivity contribution < 1.29 is 9.90 Å². The van der Waals surface area contributed by atoms with Crippen LogP contribution in [-0.2, 0) is 4.79 Å². The molecule has 2 nitrogen and oxygen atoms in total. The minimum Gasteiger partial charge on any atom is -0.382 e. The van der Waals surface area contributed by atoms with Crippen LogP contribution in [0.2, 0.25) is 0 Å². The number of rotatable bonds is 2. The second-order valence-electron chi connectivity index (χ2n) is 3.35. The first kappa shape index (κ1) is 8.47. The van der Waals surface area contributed by atoms with Crippen LogP contribution in [0.3, 0.4) is 0 Å². The summed E-state index contributed by atoms with van der Waals surface area (Å²) in [7, 11) is 0. The van der Waals surface area contributed by atoms with Crippen LogP contribution in [0.15, 0.2) is 12.2 Å². The number of aliphatic hydroxyl groups is 1. The summed E-state index contributed by atoms with van der Waals surface area (Å²) in [5, 5.41) is 9.72. The Kier molecular flexibility index (Phi) is 2.14. The standard InChI is InChI=1S/C9H14O2/c1-7(2)8(10)9(11)5-3-4-6-9/h11H,1,3-6H2,2H3. The summed E-state index contributed by atoms with van der Waals surface area (Å²) in [4.78, 5) is 11.3. The summed E-state index contributed by atoms with van der Waals surface area (Å²) < 4.78 is 0. The Morgan fingerprint density at radius 3 is 2.27 bits per heavy atom. The molecule has 0 radical (unpaired) electrons. The van der Waals surface area contributed by atoms with Gasteiger partial charge in [0.15, 0.2) is 5.78 Å². The van der Waals surface area contributed by atoms with E-state index in [0.717, 1.165) is 12.8 Å². The first-order chi connectivity index (χ1) is 5.06. The Labute approximate surface area is 66.9 Å². The third kappa shape index (κ3) is 1.51. The van der Waals surface area contributed by atoms with Gasteiger partial charge in [0.2, 0.25) is 0 Å². The molecular formula is C9H14O2. The van der Waals surface area contributed by atoms with Crippen LogP contribution in [0.4, 0.5) is 0 Å². The van der Waals surface area contributed by atoms with E-state index in [2.05, 4.69) is 6.58 Å². The number of Topliss-reactive ketones (excluding diaryl/α,β-unsaturated/α-hetero) is 1. The van der Waals surface area contributed by atoms with Crippen molar-refractivity contribution in [3.05, 3.63) is 12.2 Å². The van der Waals surface area contributed by atoms with Crippen molar-refractivity contribution in [2.45, 2.75) is 38.2 Å². The molecule has 0 unspecified atom stereocenters. The van der Waals surface area contributed by atoms with E-state index in [1.54, 1.807) is 6.92 Å². The predicted octanol–water partition coefficient (Wildman–Crippen LogP) is 1.44. The van der Waals surface area contributed by atoms with E-state index in [-0.39, 0.29) is 5.78 Å². The summed E-state index contributed by atoms with van der Waals surface area (Å²) in [6, 6.07) is 0. The van der Waals surface area contributed by atoms with Gasteiger partial charge in [-0.1, -0.05) is 6.58 Å². The maximum atomic E-state index is 11.3. The molecular weight excluding hydrogens is 140 g/mol. The van der Waals surface area contributed by atoms with E-state index in [1.807, 2.05) is 0 Å². The molecule has 2 heteroatoms. The lowest BCUT2D eigenvalue weighted by Gasteiger charge is -2.19. The highest BCUT2D eigenvalue weighted by molar-refractivity contribution is 6.00. The first-order valence-corrected chi connectivity index (χ1v) is 3.99. The van der Waals surface area contributed by atoms with E-state index in [9.17, 15) is 9.90 Å². The van der Waals surface area contributed by atoms with Gasteiger partial charge in [-0.05, 0) is 38.2 Å². The van der Waals surface area contributed by atoms with Gasteiger partial charge in [0, 0.05) is 0 Å². The molecule has 0 amide bonds. The summed E-state index contributed by atoms with van der Waals surface area (Å²) in [6.07, 6.45) is 3.13. The lowest BCUT2D eigenvalue weighted by molar-refractivity contribution is -0.132. The molecule has 0 spiro atoms. The number of carbonyl (C=O) groups is 1. The van der Waals surface area contributed by atoms with Crippen molar-refractivity contribution in [3.63, 3.8) is 0 Å². The van der Waals surface area contributed by atoms with Gasteiger partial charge in [-0.3, -0.25) is 4.79 Å². The Hall–Kier alpha value is -0.630. The highest BCUT2D eigenvalue weighted by Crippen LogP contribution is 2.31. The van der Waals surface area contributed by atoms with Gasteiger partial charge in [-0.2, -0.15) is 0 Å². The molecule has 0 atom stereocenters. The molecule has 0 bridgehead atoms. The molecule has 0 aromatic rings. The minimum atomic E-state index is -1.06. The highest BCUT2D eigenvalue weighted by Gasteiger charge is 2.38. The molecule has 0 saturated heterocycles. The molecule has 1 aliphatic carbocycles. The fraction of sp³-hybridized carbons (Fsp3) is 0.667. The summed E-state index contributed by atoms with van der Waals surface area (Å²) in [5.41, 5.74) is -0.597. The molecule has 1 aliphatic rings. The highest BCUT2D eigenvalue weighted by atomic mass is 16.3. The third-order valence-electron chi connectivity index (χ3n) is 2.24. The molecule has 11 heavy (non-hydrogen) atoms. The predicted molar refractivity (Wildman–Crippen MR) is 43.2 cm³/mol. The van der Waals surface area contributed by atoms with Crippen LogP contribution < -0.4 is 0 Å². The number of ketones is 1. The van der Waals surface area contributed by atoms with Crippen LogP contribution in [0.1, 0.15) is 32.6 Å². The monoisotopic (exact) mass is 154 g/mol. The molecule has 0 aromatic carbocycles. The average Bonchev–Trinajstić information content (AvgIpc) is 2.35. The Morgan fingerprint density at radius 2 is 1.91 bits per heavy atom. The fourth-order valence-corrected chi connectivity index (χ4v) is 1.58. The summed E-state index contributed by atoms with van der Waals surface area (Å²) >= 11 is 0. The average molecular weight is 154 g/mol. The van der Waals surface area contributed by atoms with Crippen LogP contribution in [-0.4, -0.2) is 16.5 Å². The maximum absolute atomic E-state index is 11.3. The van der Waals surface area contributed by atoms with Gasteiger partial charge in [0.25, 0.3) is 0 Å². The van der Waals surface area contributed by atoms with Crippen LogP contribution in [0.5, 0.6) is 0 Å². The van der Waals surface area contributed by atoms with E-state index in [1.165, 1.54) is 0 Å². The van der Waals surface area contributed by atoms with Crippen LogP contribution in [0, 0.1) is 0 Å². The van der Waals surface area contributed by atoms with Gasteiger partial charge < -0.3 is 5.11 Å². The first-order valence-electron chi connectivity index (χ1n) is 3.99. The zero-order valence-electron chi connectivity index (χ0n) is 6.89. The third-order valence-corrected chi connectivity index (χ3v) is 2.24. The van der Waals surface area contributed by atoms with Crippen molar-refractivity contribution in [1.29, 1.82) is 0 Å². The van der Waals surface area contributed by atoms with Crippen molar-refractivity contribution in [2.75, 3.05) is 0 Å².